The van der Waals surface area contributed by atoms with Gasteiger partial charge in [-0.05, 0) is 50.1 Å². The largest absolute Gasteiger partial charge is 0.310 e. The molecule has 0 saturated carbocycles. The minimum atomic E-state index is 0.421. The van der Waals surface area contributed by atoms with E-state index in [-0.39, 0.29) is 0 Å². The predicted octanol–water partition coefficient (Wildman–Crippen LogP) is 5.35. The van der Waals surface area contributed by atoms with Gasteiger partial charge in [-0.3, -0.25) is 0 Å². The number of hydrogen-bond acceptors (Lipinski definition) is 2. The summed E-state index contributed by atoms with van der Waals surface area (Å²) in [5.74, 6) is 1.03. The van der Waals surface area contributed by atoms with E-state index in [1.807, 2.05) is 11.8 Å². The van der Waals surface area contributed by atoms with Crippen molar-refractivity contribution in [1.29, 1.82) is 0 Å². The second-order valence-corrected chi connectivity index (χ2v) is 6.57. The third-order valence-electron chi connectivity index (χ3n) is 3.58. The average molecular weight is 299 g/mol. The Kier molecular flexibility index (Phi) is 6.34. The quantitative estimate of drug-likeness (QED) is 0.692. The summed E-state index contributed by atoms with van der Waals surface area (Å²) >= 11 is 1.91. The van der Waals surface area contributed by atoms with Gasteiger partial charge in [0.05, 0.1) is 0 Å². The second kappa shape index (κ2) is 8.26. The zero-order valence-electron chi connectivity index (χ0n) is 13.2. The smallest absolute Gasteiger partial charge is 0.0292 e. The molecule has 2 aromatic carbocycles. The molecule has 0 radical (unpaired) electrons. The highest BCUT2D eigenvalue weighted by Gasteiger charge is 2.05. The molecule has 2 aromatic rings. The van der Waals surface area contributed by atoms with Crippen LogP contribution >= 0.6 is 11.8 Å². The molecule has 1 N–H and O–H groups in total. The fourth-order valence-electron chi connectivity index (χ4n) is 2.20. The van der Waals surface area contributed by atoms with Crippen molar-refractivity contribution in [2.24, 2.45) is 0 Å². The first kappa shape index (κ1) is 16.1. The highest BCUT2D eigenvalue weighted by Crippen LogP contribution is 2.25. The first-order valence-corrected chi connectivity index (χ1v) is 8.69. The molecule has 0 spiro atoms. The molecule has 21 heavy (non-hydrogen) atoms. The van der Waals surface area contributed by atoms with Crippen LogP contribution in [0.2, 0.25) is 0 Å². The van der Waals surface area contributed by atoms with Crippen molar-refractivity contribution in [1.82, 2.24) is 5.32 Å². The highest BCUT2D eigenvalue weighted by molar-refractivity contribution is 7.98. The molecule has 2 heteroatoms. The number of benzene rings is 2. The molecule has 2 rings (SSSR count). The van der Waals surface area contributed by atoms with E-state index < -0.39 is 0 Å². The molecule has 112 valence electrons. The van der Waals surface area contributed by atoms with E-state index in [0.717, 1.165) is 12.3 Å². The molecule has 0 heterocycles. The fraction of sp³-hybridized carbons (Fsp3) is 0.368. The molecule has 0 amide bonds. The molecule has 0 saturated heterocycles. The van der Waals surface area contributed by atoms with Crippen LogP contribution in [-0.4, -0.2) is 6.54 Å². The van der Waals surface area contributed by atoms with Crippen LogP contribution in [0.4, 0.5) is 0 Å². The zero-order valence-corrected chi connectivity index (χ0v) is 14.0. The van der Waals surface area contributed by atoms with Gasteiger partial charge in [-0.1, -0.05) is 48.9 Å². The predicted molar refractivity (Wildman–Crippen MR) is 93.9 cm³/mol. The summed E-state index contributed by atoms with van der Waals surface area (Å²) in [7, 11) is 0. The van der Waals surface area contributed by atoms with Gasteiger partial charge in [-0.15, -0.1) is 11.8 Å². The van der Waals surface area contributed by atoms with Crippen LogP contribution in [-0.2, 0) is 5.75 Å². The zero-order chi connectivity index (χ0) is 15.1. The number of thioether (sulfide) groups is 1. The second-order valence-electron chi connectivity index (χ2n) is 5.52. The lowest BCUT2D eigenvalue weighted by Gasteiger charge is -2.14. The van der Waals surface area contributed by atoms with Crippen molar-refractivity contribution in [2.45, 2.75) is 43.9 Å². The summed E-state index contributed by atoms with van der Waals surface area (Å²) < 4.78 is 0. The number of rotatable bonds is 7. The summed E-state index contributed by atoms with van der Waals surface area (Å²) in [5, 5.41) is 3.55. The summed E-state index contributed by atoms with van der Waals surface area (Å²) in [6, 6.07) is 18.1. The Balaban J connectivity index is 1.95. The van der Waals surface area contributed by atoms with E-state index in [9.17, 15) is 0 Å². The molecule has 1 atom stereocenters. The molecule has 0 aliphatic rings. The number of aryl methyl sites for hydroxylation is 1. The molecule has 0 bridgehead atoms. The summed E-state index contributed by atoms with van der Waals surface area (Å²) in [4.78, 5) is 1.35. The van der Waals surface area contributed by atoms with E-state index in [1.165, 1.54) is 28.0 Å². The Morgan fingerprint density at radius 2 is 1.86 bits per heavy atom. The molecule has 0 aliphatic heterocycles. The van der Waals surface area contributed by atoms with E-state index in [1.54, 1.807) is 0 Å². The molecule has 1 nitrogen and oxygen atoms in total. The molecule has 1 unspecified atom stereocenters. The lowest BCUT2D eigenvalue weighted by atomic mass is 10.1. The van der Waals surface area contributed by atoms with Crippen molar-refractivity contribution in [3.05, 3.63) is 65.2 Å². The number of hydrogen-bond donors (Lipinski definition) is 1. The Labute approximate surface area is 133 Å². The minimum Gasteiger partial charge on any atom is -0.310 e. The normalized spacial score (nSPS) is 12.3. The maximum absolute atomic E-state index is 3.55. The molecule has 0 aliphatic carbocycles. The molecule has 0 aromatic heterocycles. The Morgan fingerprint density at radius 1 is 1.10 bits per heavy atom. The average Bonchev–Trinajstić information content (AvgIpc) is 2.52. The van der Waals surface area contributed by atoms with Gasteiger partial charge in [0, 0.05) is 16.7 Å². The van der Waals surface area contributed by atoms with Crippen LogP contribution in [0.1, 0.15) is 43.0 Å². The third-order valence-corrected chi connectivity index (χ3v) is 4.65. The van der Waals surface area contributed by atoms with Gasteiger partial charge in [0.25, 0.3) is 0 Å². The van der Waals surface area contributed by atoms with Crippen LogP contribution in [0.3, 0.4) is 0 Å². The monoisotopic (exact) mass is 299 g/mol. The molecular weight excluding hydrogens is 274 g/mol. The van der Waals surface area contributed by atoms with E-state index in [0.29, 0.717) is 6.04 Å². The lowest BCUT2D eigenvalue weighted by Crippen LogP contribution is -2.19. The van der Waals surface area contributed by atoms with Gasteiger partial charge in [0.1, 0.15) is 0 Å². The SMILES string of the molecule is CCCNC(C)c1cccc(SCc2ccc(C)cc2)c1. The van der Waals surface area contributed by atoms with Crippen molar-refractivity contribution in [3.63, 3.8) is 0 Å². The van der Waals surface area contributed by atoms with Crippen LogP contribution in [0, 0.1) is 6.92 Å². The Hall–Kier alpha value is -1.25. The summed E-state index contributed by atoms with van der Waals surface area (Å²) in [5.41, 5.74) is 4.08. The lowest BCUT2D eigenvalue weighted by molar-refractivity contribution is 0.570. The van der Waals surface area contributed by atoms with Crippen LogP contribution < -0.4 is 5.32 Å². The van der Waals surface area contributed by atoms with Crippen LogP contribution in [0.25, 0.3) is 0 Å². The first-order chi connectivity index (χ1) is 10.2. The van der Waals surface area contributed by atoms with Crippen molar-refractivity contribution >= 4 is 11.8 Å². The standard InChI is InChI=1S/C19H25NS/c1-4-12-20-16(3)18-6-5-7-19(13-18)21-14-17-10-8-15(2)9-11-17/h5-11,13,16,20H,4,12,14H2,1-3H3. The minimum absolute atomic E-state index is 0.421. The van der Waals surface area contributed by atoms with Gasteiger partial charge >= 0.3 is 0 Å². The topological polar surface area (TPSA) is 12.0 Å². The van der Waals surface area contributed by atoms with Gasteiger partial charge in [0.2, 0.25) is 0 Å². The van der Waals surface area contributed by atoms with Crippen molar-refractivity contribution in [3.8, 4) is 0 Å². The molecule has 0 fully saturated rings. The van der Waals surface area contributed by atoms with Crippen LogP contribution in [0.5, 0.6) is 0 Å². The molecular formula is C19H25NS. The first-order valence-electron chi connectivity index (χ1n) is 7.70. The Bertz CT molecular complexity index is 548. The highest BCUT2D eigenvalue weighted by atomic mass is 32.2. The van der Waals surface area contributed by atoms with Gasteiger partial charge in [-0.25, -0.2) is 0 Å². The van der Waals surface area contributed by atoms with E-state index >= 15 is 0 Å². The third kappa shape index (κ3) is 5.22. The van der Waals surface area contributed by atoms with Crippen molar-refractivity contribution < 1.29 is 0 Å². The van der Waals surface area contributed by atoms with Crippen LogP contribution in [0.15, 0.2) is 53.4 Å². The summed E-state index contributed by atoms with van der Waals surface area (Å²) in [6.07, 6.45) is 1.17. The van der Waals surface area contributed by atoms with E-state index in [2.05, 4.69) is 74.6 Å². The Morgan fingerprint density at radius 3 is 2.57 bits per heavy atom. The van der Waals surface area contributed by atoms with Gasteiger partial charge < -0.3 is 5.32 Å². The fourth-order valence-corrected chi connectivity index (χ4v) is 3.12. The van der Waals surface area contributed by atoms with Crippen molar-refractivity contribution in [2.75, 3.05) is 6.54 Å². The maximum atomic E-state index is 3.55. The van der Waals surface area contributed by atoms with Gasteiger partial charge in [0.15, 0.2) is 0 Å². The van der Waals surface area contributed by atoms with E-state index in [4.69, 9.17) is 0 Å². The summed E-state index contributed by atoms with van der Waals surface area (Å²) in [6.45, 7) is 7.64. The maximum Gasteiger partial charge on any atom is 0.0292 e. The number of nitrogens with one attached hydrogen (secondary N) is 1. The van der Waals surface area contributed by atoms with Gasteiger partial charge in [-0.2, -0.15) is 0 Å².